The Hall–Kier alpha value is -1.08. The zero-order chi connectivity index (χ0) is 19.9. The average Bonchev–Trinajstić information content (AvgIpc) is 2.71. The summed E-state index contributed by atoms with van der Waals surface area (Å²) in [5.74, 6) is 0.445. The van der Waals surface area contributed by atoms with Crippen LogP contribution in [0.4, 0.5) is 0 Å². The van der Waals surface area contributed by atoms with Gasteiger partial charge in [0, 0.05) is 54.1 Å². The molecule has 1 saturated carbocycles. The van der Waals surface area contributed by atoms with Crippen molar-refractivity contribution in [3.05, 3.63) is 64.7 Å². The van der Waals surface area contributed by atoms with Gasteiger partial charge in [-0.1, -0.05) is 42.3 Å². The van der Waals surface area contributed by atoms with Gasteiger partial charge >= 0.3 is 5.97 Å². The van der Waals surface area contributed by atoms with Gasteiger partial charge in [-0.05, 0) is 60.6 Å². The van der Waals surface area contributed by atoms with E-state index in [1.807, 2.05) is 24.3 Å². The molecule has 0 amide bonds. The first kappa shape index (κ1) is 24.2. The fourth-order valence-electron chi connectivity index (χ4n) is 3.72. The third-order valence-corrected chi connectivity index (χ3v) is 5.33. The Kier molecular flexibility index (Phi) is 9.96. The smallest absolute Gasteiger partial charge is 0.352 e. The van der Waals surface area contributed by atoms with Crippen molar-refractivity contribution in [2.45, 2.75) is 50.7 Å². The van der Waals surface area contributed by atoms with Crippen LogP contribution in [0.25, 0.3) is 0 Å². The van der Waals surface area contributed by atoms with Gasteiger partial charge in [-0.3, -0.25) is 9.78 Å². The summed E-state index contributed by atoms with van der Waals surface area (Å²) >= 11 is 6.01. The Morgan fingerprint density at radius 3 is 2.79 bits per heavy atom. The van der Waals surface area contributed by atoms with Crippen molar-refractivity contribution >= 4 is 47.1 Å². The molecule has 2 aromatic rings. The summed E-state index contributed by atoms with van der Waals surface area (Å²) in [6.45, 7) is 1.80. The van der Waals surface area contributed by atoms with Gasteiger partial charge in [-0.2, -0.15) is 0 Å². The van der Waals surface area contributed by atoms with Crippen LogP contribution in [0.2, 0.25) is 5.02 Å². The second-order valence-electron chi connectivity index (χ2n) is 7.27. The molecular weight excluding hydrogens is 401 g/mol. The summed E-state index contributed by atoms with van der Waals surface area (Å²) in [7, 11) is 0. The van der Waals surface area contributed by atoms with E-state index in [0.29, 0.717) is 29.3 Å². The number of hydrogen-bond acceptors (Lipinski definition) is 5. The molecule has 0 aromatic heterocycles. The molecule has 0 spiro atoms. The van der Waals surface area contributed by atoms with E-state index in [-0.39, 0.29) is 29.6 Å². The molecule has 29 heavy (non-hydrogen) atoms. The van der Waals surface area contributed by atoms with E-state index >= 15 is 0 Å². The van der Waals surface area contributed by atoms with Crippen molar-refractivity contribution in [1.29, 1.82) is 0 Å². The van der Waals surface area contributed by atoms with Crippen LogP contribution in [0.5, 0.6) is 5.75 Å². The number of aliphatic hydroxyl groups excluding tert-OH is 1. The molecule has 0 saturated heterocycles. The Morgan fingerprint density at radius 2 is 2.03 bits per heavy atom. The molecule has 3 rings (SSSR count). The second kappa shape index (κ2) is 11.9. The molecule has 2 unspecified atom stereocenters. The molecule has 1 aliphatic carbocycles. The van der Waals surface area contributed by atoms with Crippen LogP contribution >= 0.6 is 11.6 Å². The van der Waals surface area contributed by atoms with Gasteiger partial charge in [0.25, 0.3) is 0 Å². The predicted molar refractivity (Wildman–Crippen MR) is 114 cm³/mol. The van der Waals surface area contributed by atoms with Crippen LogP contribution < -0.4 is 10.2 Å². The number of rotatable bonds is 7. The molecule has 1 aliphatic rings. The largest absolute Gasteiger partial charge is 0.387 e. The van der Waals surface area contributed by atoms with E-state index in [1.54, 1.807) is 18.2 Å². The first-order valence-corrected chi connectivity index (χ1v) is 10.0. The molecular formula is C22H26ClNNaO4. The van der Waals surface area contributed by atoms with E-state index < -0.39 is 12.1 Å². The van der Waals surface area contributed by atoms with E-state index in [2.05, 4.69) is 16.3 Å². The summed E-state index contributed by atoms with van der Waals surface area (Å²) in [6, 6.07) is 15.4. The SMILES string of the molecule is CC(=O)OOc1cccc(C2CCCC(NC[C@H](O)c3cccc(Cl)c3)C2)c1.[Na]. The molecule has 1 radical (unpaired) electrons. The number of nitrogens with one attached hydrogen (secondary N) is 1. The van der Waals surface area contributed by atoms with Gasteiger partial charge in [-0.25, -0.2) is 4.79 Å². The maximum Gasteiger partial charge on any atom is 0.352 e. The van der Waals surface area contributed by atoms with E-state index in [0.717, 1.165) is 31.2 Å². The van der Waals surface area contributed by atoms with Gasteiger partial charge in [0.1, 0.15) is 0 Å². The molecule has 5 nitrogen and oxygen atoms in total. The predicted octanol–water partition coefficient (Wildman–Crippen LogP) is 4.17. The minimum absolute atomic E-state index is 0. The molecule has 3 atom stereocenters. The fourth-order valence-corrected chi connectivity index (χ4v) is 3.91. The zero-order valence-corrected chi connectivity index (χ0v) is 19.7. The fraction of sp³-hybridized carbons (Fsp3) is 0.409. The van der Waals surface area contributed by atoms with Crippen molar-refractivity contribution in [1.82, 2.24) is 5.32 Å². The van der Waals surface area contributed by atoms with Crippen LogP contribution in [0.1, 0.15) is 55.8 Å². The van der Waals surface area contributed by atoms with Crippen molar-refractivity contribution < 1.29 is 19.7 Å². The first-order valence-electron chi connectivity index (χ1n) is 9.63. The first-order chi connectivity index (χ1) is 13.5. The molecule has 0 bridgehead atoms. The molecule has 2 N–H and O–H groups in total. The number of halogens is 1. The molecule has 151 valence electrons. The van der Waals surface area contributed by atoms with Gasteiger partial charge in [-0.15, -0.1) is 0 Å². The van der Waals surface area contributed by atoms with Gasteiger partial charge in [0.15, 0.2) is 5.75 Å². The minimum Gasteiger partial charge on any atom is -0.387 e. The van der Waals surface area contributed by atoms with Gasteiger partial charge in [0.05, 0.1) is 6.10 Å². The maximum absolute atomic E-state index is 10.9. The third kappa shape index (κ3) is 7.59. The summed E-state index contributed by atoms with van der Waals surface area (Å²) in [5, 5.41) is 14.5. The van der Waals surface area contributed by atoms with Gasteiger partial charge < -0.3 is 10.4 Å². The van der Waals surface area contributed by atoms with Gasteiger partial charge in [0.2, 0.25) is 0 Å². The van der Waals surface area contributed by atoms with Crippen LogP contribution in [-0.4, -0.2) is 53.2 Å². The number of carbonyl (C=O) groups excluding carboxylic acids is 1. The van der Waals surface area contributed by atoms with E-state index in [1.165, 1.54) is 12.5 Å². The summed E-state index contributed by atoms with van der Waals surface area (Å²) in [6.07, 6.45) is 3.71. The van der Waals surface area contributed by atoms with Crippen LogP contribution in [0.3, 0.4) is 0 Å². The molecule has 1 fully saturated rings. The van der Waals surface area contributed by atoms with Crippen LogP contribution in [0.15, 0.2) is 48.5 Å². The monoisotopic (exact) mass is 426 g/mol. The van der Waals surface area contributed by atoms with Crippen molar-refractivity contribution in [2.24, 2.45) is 0 Å². The van der Waals surface area contributed by atoms with Crippen molar-refractivity contribution in [3.63, 3.8) is 0 Å². The molecule has 0 heterocycles. The molecule has 7 heteroatoms. The molecule has 0 aliphatic heterocycles. The quantitative estimate of drug-likeness (QED) is 0.395. The zero-order valence-electron chi connectivity index (χ0n) is 16.9. The number of benzene rings is 2. The Bertz CT molecular complexity index is 804. The Morgan fingerprint density at radius 1 is 1.24 bits per heavy atom. The number of carbonyl (C=O) groups is 1. The normalized spacial score (nSPS) is 19.7. The van der Waals surface area contributed by atoms with Crippen molar-refractivity contribution in [2.75, 3.05) is 6.54 Å². The number of aliphatic hydroxyl groups is 1. The Balaban J connectivity index is 0.00000300. The summed E-state index contributed by atoms with van der Waals surface area (Å²) in [5.41, 5.74) is 1.99. The summed E-state index contributed by atoms with van der Waals surface area (Å²) in [4.78, 5) is 20.6. The van der Waals surface area contributed by atoms with E-state index in [9.17, 15) is 9.90 Å². The number of hydrogen-bond donors (Lipinski definition) is 2. The summed E-state index contributed by atoms with van der Waals surface area (Å²) < 4.78 is 0. The van der Waals surface area contributed by atoms with Crippen LogP contribution in [-0.2, 0) is 9.68 Å². The Labute approximate surface area is 199 Å². The second-order valence-corrected chi connectivity index (χ2v) is 7.71. The third-order valence-electron chi connectivity index (χ3n) is 5.09. The topological polar surface area (TPSA) is 67.8 Å². The standard InChI is InChI=1S/C22H26ClNO4.Na/c1-15(25)27-28-21-10-4-6-17(13-21)16-5-3-9-20(12-16)24-14-22(26)18-7-2-8-19(23)11-18;/h2,4,6-8,10-11,13,16,20,22,24,26H,3,5,9,12,14H2,1H3;/t16?,20?,22-;/m0./s1. The van der Waals surface area contributed by atoms with E-state index in [4.69, 9.17) is 16.5 Å². The molecule has 2 aromatic carbocycles. The van der Waals surface area contributed by atoms with Crippen molar-refractivity contribution in [3.8, 4) is 5.75 Å². The average molecular weight is 427 g/mol. The maximum atomic E-state index is 10.9. The minimum atomic E-state index is -0.584. The van der Waals surface area contributed by atoms with Crippen LogP contribution in [0, 0.1) is 0 Å².